The molecule has 0 amide bonds. The molecule has 0 fully saturated rings. The molecule has 2 atom stereocenters. The molecule has 1 aliphatic rings. The van der Waals surface area contributed by atoms with Crippen LogP contribution in [0.15, 0.2) is 67.0 Å². The molecular weight excluding hydrogens is 356 g/mol. The lowest BCUT2D eigenvalue weighted by Crippen LogP contribution is -3.00. The molecule has 1 aromatic carbocycles. The zero-order chi connectivity index (χ0) is 18.0. The van der Waals surface area contributed by atoms with Crippen LogP contribution >= 0.6 is 0 Å². The number of carboxylic acid groups (broad SMARTS) is 2. The summed E-state index contributed by atoms with van der Waals surface area (Å²) in [6.45, 7) is 3.85. The van der Waals surface area contributed by atoms with Crippen LogP contribution in [0.5, 0.6) is 0 Å². The van der Waals surface area contributed by atoms with Crippen molar-refractivity contribution in [3.8, 4) is 0 Å². The Morgan fingerprint density at radius 3 is 2.65 bits per heavy atom. The number of hydrogen-bond acceptors (Lipinski definition) is 2. The van der Waals surface area contributed by atoms with E-state index in [1.807, 2.05) is 34.9 Å². The second kappa shape index (κ2) is 7.58. The highest BCUT2D eigenvalue weighted by atomic mass is 35.5. The lowest BCUT2D eigenvalue weighted by molar-refractivity contribution is -0.733. The van der Waals surface area contributed by atoms with Crippen LogP contribution in [0.3, 0.4) is 0 Å². The van der Waals surface area contributed by atoms with Gasteiger partial charge in [0.05, 0.1) is 12.8 Å². The molecule has 6 nitrogen and oxygen atoms in total. The van der Waals surface area contributed by atoms with Gasteiger partial charge in [-0.15, -0.1) is 6.58 Å². The van der Waals surface area contributed by atoms with Gasteiger partial charge in [0.1, 0.15) is 0 Å². The molecule has 1 aromatic heterocycles. The standard InChI is InChI=1S/C19H18N2O4.ClH/c1-2-14-13(10-17(22)23)6-5-9-19(14,11-18(24)25)21-12-20-15-7-3-4-8-16(15)21;/h2-9,12,14H,1,10-11H2,(H2,22,23,24,25);1H. The average Bonchev–Trinajstić information content (AvgIpc) is 2.98. The summed E-state index contributed by atoms with van der Waals surface area (Å²) in [5.41, 5.74) is 1.38. The summed E-state index contributed by atoms with van der Waals surface area (Å²) in [6.07, 6.45) is 8.30. The Balaban J connectivity index is 0.00000243. The first-order valence-electron chi connectivity index (χ1n) is 7.90. The summed E-state index contributed by atoms with van der Waals surface area (Å²) in [6, 6.07) is 7.58. The van der Waals surface area contributed by atoms with Gasteiger partial charge in [-0.25, -0.2) is 9.55 Å². The molecule has 1 aliphatic carbocycles. The van der Waals surface area contributed by atoms with E-state index in [2.05, 4.69) is 11.6 Å². The number of rotatable bonds is 6. The number of nitrogens with zero attached hydrogens (tertiary/aromatic N) is 1. The Bertz CT molecular complexity index is 915. The van der Waals surface area contributed by atoms with Crippen LogP contribution in [0, 0.1) is 5.92 Å². The van der Waals surface area contributed by atoms with E-state index < -0.39 is 23.4 Å². The van der Waals surface area contributed by atoms with Gasteiger partial charge in [-0.05, 0) is 23.8 Å². The normalized spacial score (nSPS) is 21.7. The SMILES string of the molecule is C=CC1C(CC(=O)O)=CC=CC1(CC(=O)O)[n+]1c[nH]c2ccccc21.[Cl-]. The van der Waals surface area contributed by atoms with Crippen LogP contribution in [0.2, 0.25) is 0 Å². The summed E-state index contributed by atoms with van der Waals surface area (Å²) >= 11 is 0. The van der Waals surface area contributed by atoms with E-state index in [0.717, 1.165) is 11.0 Å². The maximum absolute atomic E-state index is 11.7. The number of aliphatic carboxylic acids is 2. The molecule has 136 valence electrons. The number of benzene rings is 1. The van der Waals surface area contributed by atoms with Gasteiger partial charge in [0.2, 0.25) is 6.33 Å². The summed E-state index contributed by atoms with van der Waals surface area (Å²) in [5, 5.41) is 18.8. The molecule has 0 spiro atoms. The molecular formula is C19H19ClN2O4. The molecule has 0 saturated heterocycles. The minimum Gasteiger partial charge on any atom is -1.00 e. The van der Waals surface area contributed by atoms with Crippen molar-refractivity contribution >= 4 is 23.0 Å². The number of fused-ring (bicyclic) bond motifs is 1. The zero-order valence-electron chi connectivity index (χ0n) is 13.9. The van der Waals surface area contributed by atoms with Crippen molar-refractivity contribution < 1.29 is 36.8 Å². The Labute approximate surface area is 156 Å². The number of aromatic amines is 1. The van der Waals surface area contributed by atoms with Crippen LogP contribution in [0.4, 0.5) is 0 Å². The third kappa shape index (κ3) is 3.28. The fraction of sp³-hybridized carbons (Fsp3) is 0.211. The number of para-hydroxylation sites is 2. The zero-order valence-corrected chi connectivity index (χ0v) is 14.7. The average molecular weight is 375 g/mol. The van der Waals surface area contributed by atoms with Crippen LogP contribution in [-0.2, 0) is 15.1 Å². The Kier molecular flexibility index (Phi) is 5.67. The van der Waals surface area contributed by atoms with Gasteiger partial charge in [-0.1, -0.05) is 30.4 Å². The highest BCUT2D eigenvalue weighted by Gasteiger charge is 2.47. The first-order valence-corrected chi connectivity index (χ1v) is 7.90. The molecule has 0 radical (unpaired) electrons. The number of carbonyl (C=O) groups is 2. The Morgan fingerprint density at radius 1 is 1.27 bits per heavy atom. The van der Waals surface area contributed by atoms with Crippen molar-refractivity contribution in [3.05, 3.63) is 67.0 Å². The fourth-order valence-corrected chi connectivity index (χ4v) is 3.65. The lowest BCUT2D eigenvalue weighted by atomic mass is 9.72. The van der Waals surface area contributed by atoms with Gasteiger partial charge in [0.15, 0.2) is 16.6 Å². The molecule has 0 bridgehead atoms. The summed E-state index contributed by atoms with van der Waals surface area (Å²) in [5.74, 6) is -2.37. The van der Waals surface area contributed by atoms with Crippen LogP contribution < -0.4 is 17.0 Å². The van der Waals surface area contributed by atoms with Crippen molar-refractivity contribution in [2.45, 2.75) is 18.4 Å². The van der Waals surface area contributed by atoms with Crippen LogP contribution in [-0.4, -0.2) is 27.1 Å². The van der Waals surface area contributed by atoms with Gasteiger partial charge < -0.3 is 22.6 Å². The van der Waals surface area contributed by atoms with E-state index in [1.54, 1.807) is 24.6 Å². The number of carboxylic acids is 2. The largest absolute Gasteiger partial charge is 1.00 e. The molecule has 0 saturated carbocycles. The van der Waals surface area contributed by atoms with E-state index in [1.165, 1.54) is 0 Å². The maximum atomic E-state index is 11.7. The van der Waals surface area contributed by atoms with Gasteiger partial charge in [0.25, 0.3) is 0 Å². The second-order valence-electron chi connectivity index (χ2n) is 6.11. The monoisotopic (exact) mass is 374 g/mol. The van der Waals surface area contributed by atoms with Gasteiger partial charge in [-0.2, -0.15) is 0 Å². The van der Waals surface area contributed by atoms with Crippen molar-refractivity contribution in [1.82, 2.24) is 4.98 Å². The molecule has 0 aliphatic heterocycles. The predicted octanol–water partition coefficient (Wildman–Crippen LogP) is -0.597. The minimum absolute atomic E-state index is 0. The summed E-state index contributed by atoms with van der Waals surface area (Å²) in [7, 11) is 0. The number of H-pyrrole nitrogens is 1. The van der Waals surface area contributed by atoms with Crippen molar-refractivity contribution in [2.24, 2.45) is 5.92 Å². The van der Waals surface area contributed by atoms with Crippen molar-refractivity contribution in [2.75, 3.05) is 0 Å². The second-order valence-corrected chi connectivity index (χ2v) is 6.11. The van der Waals surface area contributed by atoms with E-state index in [-0.39, 0.29) is 25.2 Å². The first-order chi connectivity index (χ1) is 12.0. The van der Waals surface area contributed by atoms with Crippen molar-refractivity contribution in [1.29, 1.82) is 0 Å². The first kappa shape index (κ1) is 19.5. The number of imidazole rings is 1. The minimum atomic E-state index is -0.967. The summed E-state index contributed by atoms with van der Waals surface area (Å²) in [4.78, 5) is 26.0. The highest BCUT2D eigenvalue weighted by Crippen LogP contribution is 2.38. The topological polar surface area (TPSA) is 94.3 Å². The third-order valence-electron chi connectivity index (χ3n) is 4.62. The Hall–Kier alpha value is -2.86. The maximum Gasteiger partial charge on any atom is 0.308 e. The van der Waals surface area contributed by atoms with E-state index >= 15 is 0 Å². The van der Waals surface area contributed by atoms with Crippen LogP contribution in [0.25, 0.3) is 11.0 Å². The third-order valence-corrected chi connectivity index (χ3v) is 4.62. The predicted molar refractivity (Wildman–Crippen MR) is 91.9 cm³/mol. The molecule has 26 heavy (non-hydrogen) atoms. The number of allylic oxidation sites excluding steroid dienone is 4. The van der Waals surface area contributed by atoms with Gasteiger partial charge in [-0.3, -0.25) is 9.59 Å². The lowest BCUT2D eigenvalue weighted by Gasteiger charge is -2.36. The van der Waals surface area contributed by atoms with E-state index in [4.69, 9.17) is 0 Å². The highest BCUT2D eigenvalue weighted by molar-refractivity contribution is 5.73. The quantitative estimate of drug-likeness (QED) is 0.465. The van der Waals surface area contributed by atoms with E-state index in [9.17, 15) is 19.8 Å². The van der Waals surface area contributed by atoms with Crippen LogP contribution in [0.1, 0.15) is 12.8 Å². The molecule has 3 rings (SSSR count). The molecule has 2 unspecified atom stereocenters. The Morgan fingerprint density at radius 2 is 2.00 bits per heavy atom. The molecule has 1 heterocycles. The van der Waals surface area contributed by atoms with E-state index in [0.29, 0.717) is 5.57 Å². The number of halogens is 1. The summed E-state index contributed by atoms with van der Waals surface area (Å²) < 4.78 is 1.87. The number of nitrogens with one attached hydrogen (secondary N) is 1. The van der Waals surface area contributed by atoms with Crippen molar-refractivity contribution in [3.63, 3.8) is 0 Å². The number of hydrogen-bond donors (Lipinski definition) is 3. The smallest absolute Gasteiger partial charge is 0.308 e. The van der Waals surface area contributed by atoms with Gasteiger partial charge in [0, 0.05) is 5.92 Å². The molecule has 7 heteroatoms. The fourth-order valence-electron chi connectivity index (χ4n) is 3.65. The molecule has 2 aromatic rings. The molecule has 3 N–H and O–H groups in total. The number of aromatic nitrogens is 2. The van der Waals surface area contributed by atoms with Gasteiger partial charge >= 0.3 is 11.9 Å².